The first-order valence-corrected chi connectivity index (χ1v) is 4.96. The third-order valence-electron chi connectivity index (χ3n) is 3.15. The second-order valence-corrected chi connectivity index (χ2v) is 3.92. The number of aliphatic hydroxyl groups is 1. The van der Waals surface area contributed by atoms with Gasteiger partial charge in [0.25, 0.3) is 0 Å². The van der Waals surface area contributed by atoms with Crippen molar-refractivity contribution >= 4 is 11.8 Å². The van der Waals surface area contributed by atoms with Gasteiger partial charge in [-0.05, 0) is 19.3 Å². The second-order valence-electron chi connectivity index (χ2n) is 3.92. The van der Waals surface area contributed by atoms with Crippen molar-refractivity contribution in [2.24, 2.45) is 5.41 Å². The fourth-order valence-corrected chi connectivity index (χ4v) is 2.06. The van der Waals surface area contributed by atoms with E-state index < -0.39 is 17.5 Å². The fourth-order valence-electron chi connectivity index (χ4n) is 2.06. The van der Waals surface area contributed by atoms with E-state index in [-0.39, 0.29) is 31.5 Å². The number of carboxylic acids is 1. The highest BCUT2D eigenvalue weighted by atomic mass is 16.4. The number of carbonyl (C=O) groups is 2. The summed E-state index contributed by atoms with van der Waals surface area (Å²) < 4.78 is 0. The summed E-state index contributed by atoms with van der Waals surface area (Å²) in [6, 6.07) is 0. The lowest BCUT2D eigenvalue weighted by molar-refractivity contribution is -0.161. The maximum Gasteiger partial charge on any atom is 0.312 e. The Hall–Kier alpha value is -0.900. The Labute approximate surface area is 82.9 Å². The Morgan fingerprint density at radius 2 is 2.00 bits per heavy atom. The number of hydrogen-bond acceptors (Lipinski definition) is 3. The number of carboxylic acid groups (broad SMARTS) is 1. The van der Waals surface area contributed by atoms with Crippen molar-refractivity contribution in [3.05, 3.63) is 0 Å². The third-order valence-corrected chi connectivity index (χ3v) is 3.15. The number of rotatable bonds is 3. The van der Waals surface area contributed by atoms with Crippen LogP contribution in [0, 0.1) is 5.41 Å². The van der Waals surface area contributed by atoms with Gasteiger partial charge in [0.2, 0.25) is 0 Å². The molecule has 0 heterocycles. The van der Waals surface area contributed by atoms with Crippen LogP contribution in [0.15, 0.2) is 0 Å². The van der Waals surface area contributed by atoms with E-state index in [0.717, 1.165) is 0 Å². The first-order chi connectivity index (χ1) is 6.53. The molecule has 1 rings (SSSR count). The van der Waals surface area contributed by atoms with E-state index in [1.165, 1.54) is 0 Å². The van der Waals surface area contributed by atoms with Crippen molar-refractivity contribution in [2.75, 3.05) is 0 Å². The van der Waals surface area contributed by atoms with Crippen molar-refractivity contribution in [3.8, 4) is 0 Å². The van der Waals surface area contributed by atoms with Gasteiger partial charge in [-0.3, -0.25) is 9.59 Å². The molecule has 1 fully saturated rings. The molecule has 0 radical (unpaired) electrons. The number of ketones is 1. The van der Waals surface area contributed by atoms with Crippen LogP contribution in [0.5, 0.6) is 0 Å². The predicted octanol–water partition coefficient (Wildman–Crippen LogP) is 0.971. The molecular weight excluding hydrogens is 184 g/mol. The van der Waals surface area contributed by atoms with E-state index in [2.05, 4.69) is 0 Å². The summed E-state index contributed by atoms with van der Waals surface area (Å²) in [7, 11) is 0. The average Bonchev–Trinajstić information content (AvgIpc) is 2.18. The van der Waals surface area contributed by atoms with Crippen LogP contribution in [0.3, 0.4) is 0 Å². The lowest BCUT2D eigenvalue weighted by atomic mass is 9.69. The first-order valence-electron chi connectivity index (χ1n) is 4.96. The van der Waals surface area contributed by atoms with E-state index in [1.54, 1.807) is 6.92 Å². The van der Waals surface area contributed by atoms with Crippen LogP contribution in [0.25, 0.3) is 0 Å². The molecule has 0 aliphatic heterocycles. The Balaban J connectivity index is 2.83. The van der Waals surface area contributed by atoms with Crippen LogP contribution in [-0.2, 0) is 9.59 Å². The molecule has 14 heavy (non-hydrogen) atoms. The fraction of sp³-hybridized carbons (Fsp3) is 0.800. The Kier molecular flexibility index (Phi) is 3.26. The zero-order valence-corrected chi connectivity index (χ0v) is 8.32. The highest BCUT2D eigenvalue weighted by molar-refractivity contribution is 5.84. The molecule has 1 atom stereocenters. The number of hydrogen-bond donors (Lipinski definition) is 2. The number of aliphatic carboxylic acids is 1. The SMILES string of the molecule is CCC(O)C1(C(=O)O)CCC(=O)CC1. The van der Waals surface area contributed by atoms with Gasteiger partial charge in [0, 0.05) is 12.8 Å². The molecule has 0 aromatic heterocycles. The minimum atomic E-state index is -1.08. The van der Waals surface area contributed by atoms with Crippen LogP contribution in [0.1, 0.15) is 39.0 Å². The van der Waals surface area contributed by atoms with E-state index in [0.29, 0.717) is 6.42 Å². The molecule has 4 nitrogen and oxygen atoms in total. The maximum atomic E-state index is 11.1. The average molecular weight is 200 g/mol. The van der Waals surface area contributed by atoms with Crippen molar-refractivity contribution in [3.63, 3.8) is 0 Å². The number of Topliss-reactive ketones (excluding diaryl/α,β-unsaturated/α-hetero) is 1. The molecule has 1 saturated carbocycles. The molecule has 4 heteroatoms. The van der Waals surface area contributed by atoms with Crippen LogP contribution in [-0.4, -0.2) is 28.1 Å². The summed E-state index contributed by atoms with van der Waals surface area (Å²) >= 11 is 0. The van der Waals surface area contributed by atoms with Gasteiger partial charge in [0.15, 0.2) is 0 Å². The standard InChI is InChI=1S/C10H16O4/c1-2-8(12)10(9(13)14)5-3-7(11)4-6-10/h8,12H,2-6H2,1H3,(H,13,14). The molecule has 0 aromatic carbocycles. The molecule has 1 unspecified atom stereocenters. The quantitative estimate of drug-likeness (QED) is 0.711. The molecule has 1 aliphatic carbocycles. The van der Waals surface area contributed by atoms with E-state index >= 15 is 0 Å². The van der Waals surface area contributed by atoms with E-state index in [4.69, 9.17) is 5.11 Å². The summed E-state index contributed by atoms with van der Waals surface area (Å²) in [6.07, 6.45) is 0.688. The summed E-state index contributed by atoms with van der Waals surface area (Å²) in [5.41, 5.74) is -1.08. The normalized spacial score (nSPS) is 23.1. The Morgan fingerprint density at radius 1 is 1.50 bits per heavy atom. The van der Waals surface area contributed by atoms with Gasteiger partial charge in [-0.25, -0.2) is 0 Å². The number of carbonyl (C=O) groups excluding carboxylic acids is 1. The molecule has 1 aliphatic rings. The summed E-state index contributed by atoms with van der Waals surface area (Å²) in [4.78, 5) is 22.1. The van der Waals surface area contributed by atoms with Gasteiger partial charge in [0.1, 0.15) is 5.78 Å². The van der Waals surface area contributed by atoms with Gasteiger partial charge in [-0.15, -0.1) is 0 Å². The Bertz CT molecular complexity index is 237. The van der Waals surface area contributed by atoms with Gasteiger partial charge in [-0.2, -0.15) is 0 Å². The van der Waals surface area contributed by atoms with Gasteiger partial charge >= 0.3 is 5.97 Å². The van der Waals surface area contributed by atoms with Crippen molar-refractivity contribution in [1.82, 2.24) is 0 Å². The summed E-state index contributed by atoms with van der Waals surface area (Å²) in [5, 5.41) is 18.8. The molecule has 0 spiro atoms. The number of aliphatic hydroxyl groups excluding tert-OH is 1. The molecule has 80 valence electrons. The van der Waals surface area contributed by atoms with Gasteiger partial charge in [-0.1, -0.05) is 6.92 Å². The van der Waals surface area contributed by atoms with Crippen LogP contribution in [0.4, 0.5) is 0 Å². The van der Waals surface area contributed by atoms with Crippen LogP contribution < -0.4 is 0 Å². The molecule has 0 amide bonds. The highest BCUT2D eigenvalue weighted by Crippen LogP contribution is 2.39. The summed E-state index contributed by atoms with van der Waals surface area (Å²) in [6.45, 7) is 1.76. The minimum Gasteiger partial charge on any atom is -0.481 e. The molecule has 0 bridgehead atoms. The molecular formula is C10H16O4. The molecule has 2 N–H and O–H groups in total. The lowest BCUT2D eigenvalue weighted by Crippen LogP contribution is -2.45. The topological polar surface area (TPSA) is 74.6 Å². The van der Waals surface area contributed by atoms with Gasteiger partial charge in [0.05, 0.1) is 11.5 Å². The summed E-state index contributed by atoms with van der Waals surface area (Å²) in [5.74, 6) is -0.871. The zero-order chi connectivity index (χ0) is 10.8. The Morgan fingerprint density at radius 3 is 2.36 bits per heavy atom. The molecule has 0 aromatic rings. The lowest BCUT2D eigenvalue weighted by Gasteiger charge is -2.36. The first kappa shape index (κ1) is 11.2. The largest absolute Gasteiger partial charge is 0.481 e. The van der Waals surface area contributed by atoms with E-state index in [1.807, 2.05) is 0 Å². The van der Waals surface area contributed by atoms with Crippen LogP contribution >= 0.6 is 0 Å². The third kappa shape index (κ3) is 1.80. The second kappa shape index (κ2) is 4.09. The van der Waals surface area contributed by atoms with Crippen molar-refractivity contribution in [1.29, 1.82) is 0 Å². The van der Waals surface area contributed by atoms with Crippen molar-refractivity contribution in [2.45, 2.75) is 45.1 Å². The molecule has 0 saturated heterocycles. The van der Waals surface area contributed by atoms with Gasteiger partial charge < -0.3 is 10.2 Å². The predicted molar refractivity (Wildman–Crippen MR) is 49.8 cm³/mol. The highest BCUT2D eigenvalue weighted by Gasteiger charge is 2.46. The zero-order valence-electron chi connectivity index (χ0n) is 8.32. The smallest absolute Gasteiger partial charge is 0.312 e. The van der Waals surface area contributed by atoms with Crippen molar-refractivity contribution < 1.29 is 19.8 Å². The monoisotopic (exact) mass is 200 g/mol. The van der Waals surface area contributed by atoms with Crippen LogP contribution in [0.2, 0.25) is 0 Å². The minimum absolute atomic E-state index is 0.102. The maximum absolute atomic E-state index is 11.1. The van der Waals surface area contributed by atoms with E-state index in [9.17, 15) is 14.7 Å².